The van der Waals surface area contributed by atoms with Crippen LogP contribution >= 0.6 is 0 Å². The van der Waals surface area contributed by atoms with Crippen molar-refractivity contribution in [3.05, 3.63) is 48.1 Å². The third-order valence-corrected chi connectivity index (χ3v) is 7.24. The molecule has 6 rings (SSSR count). The van der Waals surface area contributed by atoms with Crippen LogP contribution in [0.2, 0.25) is 0 Å². The quantitative estimate of drug-likeness (QED) is 0.791. The molecular formula is C20H19NO4. The maximum atomic E-state index is 12.7. The molecule has 5 aliphatic rings. The summed E-state index contributed by atoms with van der Waals surface area (Å²) >= 11 is 0. The zero-order valence-electron chi connectivity index (χ0n) is 13.7. The van der Waals surface area contributed by atoms with Gasteiger partial charge in [0.2, 0.25) is 0 Å². The zero-order valence-corrected chi connectivity index (χ0v) is 13.7. The summed E-state index contributed by atoms with van der Waals surface area (Å²) in [6.45, 7) is 5.44. The van der Waals surface area contributed by atoms with Crippen LogP contribution in [0, 0.1) is 5.41 Å². The van der Waals surface area contributed by atoms with Crippen molar-refractivity contribution < 1.29 is 19.7 Å². The highest BCUT2D eigenvalue weighted by molar-refractivity contribution is 5.99. The van der Waals surface area contributed by atoms with E-state index in [2.05, 4.69) is 11.5 Å². The molecule has 5 atom stereocenters. The lowest BCUT2D eigenvalue weighted by Crippen LogP contribution is -2.71. The van der Waals surface area contributed by atoms with Gasteiger partial charge in [0.25, 0.3) is 0 Å². The Morgan fingerprint density at radius 2 is 2.28 bits per heavy atom. The predicted octanol–water partition coefficient (Wildman–Crippen LogP) is 1.08. The number of hydrogen-bond acceptors (Lipinski definition) is 5. The number of hydrogen-bond donors (Lipinski definition) is 2. The van der Waals surface area contributed by atoms with Gasteiger partial charge in [-0.05, 0) is 36.6 Å². The minimum atomic E-state index is -1.17. The van der Waals surface area contributed by atoms with E-state index in [9.17, 15) is 15.0 Å². The van der Waals surface area contributed by atoms with Crippen LogP contribution in [0.15, 0.2) is 36.9 Å². The minimum Gasteiger partial charge on any atom is -0.504 e. The molecule has 2 unspecified atom stereocenters. The Labute approximate surface area is 145 Å². The first-order valence-corrected chi connectivity index (χ1v) is 8.79. The molecule has 5 heteroatoms. The van der Waals surface area contributed by atoms with Gasteiger partial charge >= 0.3 is 0 Å². The standard InChI is InChI=1S/C20H19NO4/c1-2-7-21-10-18-8-11-3-4-12(22)15-14(11)19(9-18)16(25-15)13(23)5-6-20(19,24)17(18)21/h2-6,16-17,22,24H,1,7-10H2/t16-,17+,18?,19?,20+/m0/s1. The summed E-state index contributed by atoms with van der Waals surface area (Å²) in [5.41, 5.74) is -0.0573. The second-order valence-electron chi connectivity index (χ2n) is 8.31. The molecule has 2 N–H and O–H groups in total. The Kier molecular flexibility index (Phi) is 2.16. The molecule has 2 bridgehead atoms. The molecule has 1 saturated heterocycles. The number of carbonyl (C=O) groups is 1. The van der Waals surface area contributed by atoms with Crippen molar-refractivity contribution in [3.63, 3.8) is 0 Å². The molecule has 25 heavy (non-hydrogen) atoms. The van der Waals surface area contributed by atoms with E-state index < -0.39 is 17.1 Å². The van der Waals surface area contributed by atoms with Crippen LogP contribution < -0.4 is 4.74 Å². The van der Waals surface area contributed by atoms with Crippen molar-refractivity contribution in [3.8, 4) is 11.5 Å². The highest BCUT2D eigenvalue weighted by Crippen LogP contribution is 2.73. The van der Waals surface area contributed by atoms with Gasteiger partial charge < -0.3 is 14.9 Å². The SMILES string of the molecule is C=CCN1CC23Cc4ccc(O)c5c4C4(C2)[C@@H](O5)C(=O)C=C[C@@]4(O)[C@H]13. The lowest BCUT2D eigenvalue weighted by molar-refractivity contribution is -0.139. The summed E-state index contributed by atoms with van der Waals surface area (Å²) in [6, 6.07) is 3.52. The van der Waals surface area contributed by atoms with Crippen LogP contribution in [0.25, 0.3) is 0 Å². The van der Waals surface area contributed by atoms with Gasteiger partial charge in [-0.3, -0.25) is 9.69 Å². The van der Waals surface area contributed by atoms with E-state index in [1.807, 2.05) is 12.1 Å². The maximum Gasteiger partial charge on any atom is 0.196 e. The Morgan fingerprint density at radius 3 is 3.08 bits per heavy atom. The molecule has 2 spiro atoms. The van der Waals surface area contributed by atoms with Crippen molar-refractivity contribution in [2.24, 2.45) is 5.41 Å². The number of rotatable bonds is 2. The average molecular weight is 337 g/mol. The molecule has 2 heterocycles. The fourth-order valence-corrected chi connectivity index (χ4v) is 6.77. The van der Waals surface area contributed by atoms with Crippen LogP contribution in [0.3, 0.4) is 0 Å². The van der Waals surface area contributed by atoms with Gasteiger partial charge in [0.1, 0.15) is 5.60 Å². The molecule has 3 aliphatic carbocycles. The number of carbonyl (C=O) groups excluding carboxylic acids is 1. The molecule has 0 amide bonds. The number of phenols is 1. The van der Waals surface area contributed by atoms with Gasteiger partial charge in [-0.2, -0.15) is 0 Å². The first-order valence-electron chi connectivity index (χ1n) is 8.79. The van der Waals surface area contributed by atoms with E-state index >= 15 is 0 Å². The van der Waals surface area contributed by atoms with Crippen molar-refractivity contribution in [1.82, 2.24) is 4.90 Å². The molecule has 5 nitrogen and oxygen atoms in total. The normalized spacial score (nSPS) is 44.8. The second-order valence-corrected chi connectivity index (χ2v) is 8.31. The number of likely N-dealkylation sites (tertiary alicyclic amines) is 1. The van der Waals surface area contributed by atoms with E-state index in [0.29, 0.717) is 12.3 Å². The second kappa shape index (κ2) is 3.84. The number of fused-ring (bicyclic) bond motifs is 1. The van der Waals surface area contributed by atoms with E-state index in [1.165, 1.54) is 6.08 Å². The molecule has 0 aromatic heterocycles. The first kappa shape index (κ1) is 14.1. The highest BCUT2D eigenvalue weighted by Gasteiger charge is 2.82. The molecule has 1 aromatic rings. The van der Waals surface area contributed by atoms with Gasteiger partial charge in [0.05, 0.1) is 11.5 Å². The zero-order chi connectivity index (χ0) is 17.2. The molecule has 1 aromatic carbocycles. The summed E-state index contributed by atoms with van der Waals surface area (Å²) < 4.78 is 6.00. The number of phenolic OH excluding ortho intramolecular Hbond substituents is 1. The van der Waals surface area contributed by atoms with Crippen molar-refractivity contribution in [2.45, 2.75) is 36.0 Å². The van der Waals surface area contributed by atoms with Crippen molar-refractivity contribution in [1.29, 1.82) is 0 Å². The van der Waals surface area contributed by atoms with E-state index in [0.717, 1.165) is 30.5 Å². The van der Waals surface area contributed by atoms with Gasteiger partial charge in [0, 0.05) is 24.1 Å². The van der Waals surface area contributed by atoms with E-state index in [1.54, 1.807) is 12.1 Å². The molecule has 2 aliphatic heterocycles. The maximum absolute atomic E-state index is 12.7. The van der Waals surface area contributed by atoms with E-state index in [4.69, 9.17) is 4.74 Å². The number of aromatic hydroxyl groups is 1. The third kappa shape index (κ3) is 1.20. The van der Waals surface area contributed by atoms with Gasteiger partial charge in [-0.25, -0.2) is 0 Å². The predicted molar refractivity (Wildman–Crippen MR) is 89.6 cm³/mol. The van der Waals surface area contributed by atoms with Gasteiger partial charge in [-0.15, -0.1) is 6.58 Å². The Bertz CT molecular complexity index is 907. The number of benzene rings is 1. The Balaban J connectivity index is 1.68. The number of nitrogens with zero attached hydrogens (tertiary/aromatic N) is 1. The number of aliphatic hydroxyl groups is 1. The summed E-state index contributed by atoms with van der Waals surface area (Å²) in [4.78, 5) is 14.9. The lowest BCUT2D eigenvalue weighted by atomic mass is 9.59. The Hall–Kier alpha value is -2.11. The summed E-state index contributed by atoms with van der Waals surface area (Å²) in [5, 5.41) is 22.3. The van der Waals surface area contributed by atoms with Crippen LogP contribution in [0.1, 0.15) is 17.5 Å². The largest absolute Gasteiger partial charge is 0.504 e. The van der Waals surface area contributed by atoms with Crippen LogP contribution in [-0.2, 0) is 16.6 Å². The van der Waals surface area contributed by atoms with Crippen LogP contribution in [-0.4, -0.2) is 51.7 Å². The topological polar surface area (TPSA) is 70.0 Å². The molecule has 0 radical (unpaired) electrons. The lowest BCUT2D eigenvalue weighted by Gasteiger charge is -2.57. The summed E-state index contributed by atoms with van der Waals surface area (Å²) in [6.07, 6.45) is 5.84. The summed E-state index contributed by atoms with van der Waals surface area (Å²) in [5.74, 6) is 0.320. The fraction of sp³-hybridized carbons (Fsp3) is 0.450. The highest BCUT2D eigenvalue weighted by atomic mass is 16.5. The summed E-state index contributed by atoms with van der Waals surface area (Å²) in [7, 11) is 0. The minimum absolute atomic E-state index is 0.0517. The van der Waals surface area contributed by atoms with Crippen LogP contribution in [0.4, 0.5) is 0 Å². The molecule has 128 valence electrons. The smallest absolute Gasteiger partial charge is 0.196 e. The van der Waals surface area contributed by atoms with Gasteiger partial charge in [-0.1, -0.05) is 12.1 Å². The van der Waals surface area contributed by atoms with Crippen molar-refractivity contribution in [2.75, 3.05) is 13.1 Å². The van der Waals surface area contributed by atoms with E-state index in [-0.39, 0.29) is 23.0 Å². The third-order valence-electron chi connectivity index (χ3n) is 7.24. The molecular weight excluding hydrogens is 318 g/mol. The van der Waals surface area contributed by atoms with Crippen LogP contribution in [0.5, 0.6) is 11.5 Å². The monoisotopic (exact) mass is 337 g/mol. The first-order chi connectivity index (χ1) is 12.0. The number of ether oxygens (including phenoxy) is 1. The average Bonchev–Trinajstić information content (AvgIpc) is 2.99. The fourth-order valence-electron chi connectivity index (χ4n) is 6.77. The molecule has 1 saturated carbocycles. The number of ketones is 1. The van der Waals surface area contributed by atoms with Crippen molar-refractivity contribution >= 4 is 5.78 Å². The molecule has 2 fully saturated rings. The Morgan fingerprint density at radius 1 is 1.44 bits per heavy atom. The van der Waals surface area contributed by atoms with Gasteiger partial charge in [0.15, 0.2) is 23.4 Å².